The molecule has 0 aliphatic heterocycles. The smallest absolute Gasteiger partial charge is 0.267 e. The van der Waals surface area contributed by atoms with Crippen LogP contribution >= 0.6 is 0 Å². The summed E-state index contributed by atoms with van der Waals surface area (Å²) in [4.78, 5) is 15.2. The first kappa shape index (κ1) is 6.97. The number of rotatable bonds is 0. The van der Waals surface area contributed by atoms with Crippen molar-refractivity contribution in [2.45, 2.75) is 6.92 Å². The Balaban J connectivity index is 2.96. The van der Waals surface area contributed by atoms with Crippen molar-refractivity contribution in [3.05, 3.63) is 40.4 Å². The first-order valence-corrected chi connectivity index (χ1v) is 3.58. The average molecular weight is 161 g/mol. The van der Waals surface area contributed by atoms with Gasteiger partial charge in [0.2, 0.25) is 0 Å². The van der Waals surface area contributed by atoms with Crippen LogP contribution in [0.25, 0.3) is 5.65 Å². The van der Waals surface area contributed by atoms with Gasteiger partial charge in [-0.3, -0.25) is 4.79 Å². The monoisotopic (exact) mass is 161 g/mol. The SMILES string of the molecule is Cc1cnn2c(=O)ccnc2c1. The lowest BCUT2D eigenvalue weighted by Gasteiger charge is -1.96. The Morgan fingerprint density at radius 3 is 3.17 bits per heavy atom. The Morgan fingerprint density at radius 2 is 2.33 bits per heavy atom. The maximum Gasteiger partial charge on any atom is 0.274 e. The van der Waals surface area contributed by atoms with Crippen molar-refractivity contribution >= 4 is 5.65 Å². The van der Waals surface area contributed by atoms with Gasteiger partial charge in [-0.2, -0.15) is 9.61 Å². The molecule has 60 valence electrons. The van der Waals surface area contributed by atoms with Crippen LogP contribution in [0.3, 0.4) is 0 Å². The van der Waals surface area contributed by atoms with Crippen LogP contribution in [0.1, 0.15) is 5.56 Å². The van der Waals surface area contributed by atoms with Crippen LogP contribution in [0.2, 0.25) is 0 Å². The minimum atomic E-state index is -0.153. The molecule has 0 N–H and O–H groups in total. The molecule has 0 saturated heterocycles. The summed E-state index contributed by atoms with van der Waals surface area (Å²) in [7, 11) is 0. The minimum absolute atomic E-state index is 0.153. The summed E-state index contributed by atoms with van der Waals surface area (Å²) in [6.07, 6.45) is 3.12. The van der Waals surface area contributed by atoms with Crippen molar-refractivity contribution in [1.29, 1.82) is 0 Å². The molecular weight excluding hydrogens is 154 g/mol. The van der Waals surface area contributed by atoms with E-state index in [1.807, 2.05) is 13.0 Å². The van der Waals surface area contributed by atoms with E-state index < -0.39 is 0 Å². The second-order valence-electron chi connectivity index (χ2n) is 2.59. The molecule has 0 saturated carbocycles. The molecule has 2 aromatic rings. The molecular formula is C8H7N3O. The van der Waals surface area contributed by atoms with E-state index in [-0.39, 0.29) is 5.56 Å². The quantitative estimate of drug-likeness (QED) is 0.561. The van der Waals surface area contributed by atoms with Gasteiger partial charge in [0.1, 0.15) is 0 Å². The van der Waals surface area contributed by atoms with Crippen LogP contribution in [0.15, 0.2) is 29.3 Å². The van der Waals surface area contributed by atoms with Crippen molar-refractivity contribution in [3.63, 3.8) is 0 Å². The summed E-state index contributed by atoms with van der Waals surface area (Å²) in [6.45, 7) is 1.91. The molecule has 2 rings (SSSR count). The fraction of sp³-hybridized carbons (Fsp3) is 0.125. The van der Waals surface area contributed by atoms with Gasteiger partial charge in [-0.05, 0) is 18.6 Å². The zero-order chi connectivity index (χ0) is 8.55. The van der Waals surface area contributed by atoms with Gasteiger partial charge in [-0.1, -0.05) is 0 Å². The van der Waals surface area contributed by atoms with E-state index in [2.05, 4.69) is 10.1 Å². The Morgan fingerprint density at radius 1 is 1.50 bits per heavy atom. The van der Waals surface area contributed by atoms with Crippen LogP contribution in [0.5, 0.6) is 0 Å². The predicted octanol–water partition coefficient (Wildman–Crippen LogP) is 0.398. The number of hydrogen-bond donors (Lipinski definition) is 0. The highest BCUT2D eigenvalue weighted by atomic mass is 16.1. The highest BCUT2D eigenvalue weighted by Gasteiger charge is 1.95. The van der Waals surface area contributed by atoms with Crippen LogP contribution in [0.4, 0.5) is 0 Å². The molecule has 2 heterocycles. The minimum Gasteiger partial charge on any atom is -0.267 e. The standard InChI is InChI=1S/C8H7N3O/c1-6-4-7-9-3-2-8(12)11(7)10-5-6/h2-5H,1H3. The second kappa shape index (κ2) is 2.41. The van der Waals surface area contributed by atoms with Gasteiger partial charge in [0, 0.05) is 12.3 Å². The van der Waals surface area contributed by atoms with Gasteiger partial charge in [-0.15, -0.1) is 0 Å². The molecule has 0 aliphatic carbocycles. The molecule has 0 unspecified atom stereocenters. The van der Waals surface area contributed by atoms with E-state index in [4.69, 9.17) is 0 Å². The van der Waals surface area contributed by atoms with Crippen molar-refractivity contribution < 1.29 is 0 Å². The van der Waals surface area contributed by atoms with Crippen molar-refractivity contribution in [2.75, 3.05) is 0 Å². The summed E-state index contributed by atoms with van der Waals surface area (Å²) >= 11 is 0. The molecule has 12 heavy (non-hydrogen) atoms. The van der Waals surface area contributed by atoms with E-state index in [1.165, 1.54) is 16.8 Å². The molecule has 0 spiro atoms. The second-order valence-corrected chi connectivity index (χ2v) is 2.59. The maximum atomic E-state index is 11.2. The zero-order valence-electron chi connectivity index (χ0n) is 6.56. The Bertz CT molecular complexity index is 475. The molecule has 0 atom stereocenters. The summed E-state index contributed by atoms with van der Waals surface area (Å²) in [6, 6.07) is 3.20. The lowest BCUT2D eigenvalue weighted by Crippen LogP contribution is -2.15. The first-order valence-electron chi connectivity index (χ1n) is 3.58. The number of aryl methyl sites for hydroxylation is 1. The van der Waals surface area contributed by atoms with Crippen molar-refractivity contribution in [2.24, 2.45) is 0 Å². The lowest BCUT2D eigenvalue weighted by atomic mass is 10.3. The highest BCUT2D eigenvalue weighted by Crippen LogP contribution is 1.96. The zero-order valence-corrected chi connectivity index (χ0v) is 6.56. The molecule has 4 heteroatoms. The van der Waals surface area contributed by atoms with Crippen LogP contribution in [-0.4, -0.2) is 14.6 Å². The maximum absolute atomic E-state index is 11.2. The topological polar surface area (TPSA) is 47.3 Å². The Labute approximate surface area is 68.5 Å². The van der Waals surface area contributed by atoms with E-state index in [0.29, 0.717) is 5.65 Å². The van der Waals surface area contributed by atoms with Crippen LogP contribution < -0.4 is 5.56 Å². The summed E-state index contributed by atoms with van der Waals surface area (Å²) in [5, 5.41) is 3.92. The molecule has 4 nitrogen and oxygen atoms in total. The van der Waals surface area contributed by atoms with Gasteiger partial charge < -0.3 is 0 Å². The van der Waals surface area contributed by atoms with E-state index in [1.54, 1.807) is 6.20 Å². The number of nitrogens with zero attached hydrogens (tertiary/aromatic N) is 3. The largest absolute Gasteiger partial charge is 0.274 e. The first-order chi connectivity index (χ1) is 5.77. The summed E-state index contributed by atoms with van der Waals surface area (Å²) < 4.78 is 1.27. The van der Waals surface area contributed by atoms with Crippen molar-refractivity contribution in [1.82, 2.24) is 14.6 Å². The molecule has 0 amide bonds. The highest BCUT2D eigenvalue weighted by molar-refractivity contribution is 5.37. The summed E-state index contributed by atoms with van der Waals surface area (Å²) in [5.41, 5.74) is 1.43. The van der Waals surface area contributed by atoms with Gasteiger partial charge >= 0.3 is 0 Å². The molecule has 0 aromatic carbocycles. The third-order valence-corrected chi connectivity index (χ3v) is 1.58. The third kappa shape index (κ3) is 0.972. The molecule has 0 bridgehead atoms. The fourth-order valence-corrected chi connectivity index (χ4v) is 1.02. The summed E-state index contributed by atoms with van der Waals surface area (Å²) in [5.74, 6) is 0. The molecule has 0 fully saturated rings. The molecule has 0 radical (unpaired) electrons. The van der Waals surface area contributed by atoms with Gasteiger partial charge in [0.05, 0.1) is 6.20 Å². The Kier molecular flexibility index (Phi) is 1.40. The molecule has 2 aromatic heterocycles. The molecule has 0 aliphatic rings. The predicted molar refractivity (Wildman–Crippen MR) is 44.0 cm³/mol. The van der Waals surface area contributed by atoms with Crippen molar-refractivity contribution in [3.8, 4) is 0 Å². The lowest BCUT2D eigenvalue weighted by molar-refractivity contribution is 0.860. The normalized spacial score (nSPS) is 10.4. The Hall–Kier alpha value is -1.71. The van der Waals surface area contributed by atoms with Gasteiger partial charge in [0.25, 0.3) is 5.56 Å². The van der Waals surface area contributed by atoms with E-state index >= 15 is 0 Å². The number of aromatic nitrogens is 3. The third-order valence-electron chi connectivity index (χ3n) is 1.58. The van der Waals surface area contributed by atoms with E-state index in [0.717, 1.165) is 5.56 Å². The van der Waals surface area contributed by atoms with E-state index in [9.17, 15) is 4.79 Å². The van der Waals surface area contributed by atoms with Crippen LogP contribution in [-0.2, 0) is 0 Å². The van der Waals surface area contributed by atoms with Crippen LogP contribution in [0, 0.1) is 6.92 Å². The average Bonchev–Trinajstić information content (AvgIpc) is 2.04. The van der Waals surface area contributed by atoms with Gasteiger partial charge in [-0.25, -0.2) is 4.98 Å². The van der Waals surface area contributed by atoms with Gasteiger partial charge in [0.15, 0.2) is 5.65 Å². The number of fused-ring (bicyclic) bond motifs is 1. The number of hydrogen-bond acceptors (Lipinski definition) is 3. The fourth-order valence-electron chi connectivity index (χ4n) is 1.02.